The second-order valence-electron chi connectivity index (χ2n) is 6.66. The van der Waals surface area contributed by atoms with Gasteiger partial charge in [-0.15, -0.1) is 0 Å². The standard InChI is InChI=1S/C20H23ClN4O/c1-12-10-19-22-14(3)18(15(4)25(19)24-12)8-9-20(26)23-13(2)16-6-5-7-17(21)11-16/h5-7,10-11,13H,8-9H2,1-4H3,(H,23,26)/t13-/m0/s1. The summed E-state index contributed by atoms with van der Waals surface area (Å²) in [6, 6.07) is 9.42. The van der Waals surface area contributed by atoms with E-state index in [2.05, 4.69) is 15.4 Å². The lowest BCUT2D eigenvalue weighted by Gasteiger charge is -2.15. The number of aromatic nitrogens is 3. The minimum absolute atomic E-state index is 0.00742. The molecule has 0 radical (unpaired) electrons. The number of nitrogens with zero attached hydrogens (tertiary/aromatic N) is 3. The molecule has 1 amide bonds. The van der Waals surface area contributed by atoms with Crippen LogP contribution in [0.3, 0.4) is 0 Å². The van der Waals surface area contributed by atoms with E-state index >= 15 is 0 Å². The number of benzene rings is 1. The van der Waals surface area contributed by atoms with E-state index < -0.39 is 0 Å². The Morgan fingerprint density at radius 3 is 2.77 bits per heavy atom. The molecule has 26 heavy (non-hydrogen) atoms. The summed E-state index contributed by atoms with van der Waals surface area (Å²) in [5, 5.41) is 8.18. The predicted octanol–water partition coefficient (Wildman–Crippen LogP) is 4.12. The summed E-state index contributed by atoms with van der Waals surface area (Å²) in [5.41, 5.74) is 5.84. The third kappa shape index (κ3) is 3.88. The second-order valence-corrected chi connectivity index (χ2v) is 7.10. The normalized spacial score (nSPS) is 12.3. The fraction of sp³-hybridized carbons (Fsp3) is 0.350. The van der Waals surface area contributed by atoms with Crippen LogP contribution in [0.4, 0.5) is 0 Å². The lowest BCUT2D eigenvalue weighted by atomic mass is 10.1. The first kappa shape index (κ1) is 18.4. The number of hydrogen-bond acceptors (Lipinski definition) is 3. The molecule has 0 aliphatic heterocycles. The highest BCUT2D eigenvalue weighted by Gasteiger charge is 2.14. The summed E-state index contributed by atoms with van der Waals surface area (Å²) in [6.45, 7) is 7.92. The van der Waals surface area contributed by atoms with Crippen LogP contribution in [0, 0.1) is 20.8 Å². The third-order valence-corrected chi connectivity index (χ3v) is 4.85. The van der Waals surface area contributed by atoms with E-state index in [1.54, 1.807) is 0 Å². The average molecular weight is 371 g/mol. The molecule has 5 nitrogen and oxygen atoms in total. The average Bonchev–Trinajstić information content (AvgIpc) is 2.95. The molecule has 1 aromatic carbocycles. The van der Waals surface area contributed by atoms with Crippen molar-refractivity contribution in [1.29, 1.82) is 0 Å². The van der Waals surface area contributed by atoms with Gasteiger partial charge in [-0.05, 0) is 57.4 Å². The van der Waals surface area contributed by atoms with Crippen molar-refractivity contribution in [2.24, 2.45) is 0 Å². The van der Waals surface area contributed by atoms with E-state index in [-0.39, 0.29) is 11.9 Å². The van der Waals surface area contributed by atoms with Crippen LogP contribution in [0.5, 0.6) is 0 Å². The molecule has 2 heterocycles. The first-order valence-electron chi connectivity index (χ1n) is 8.72. The quantitative estimate of drug-likeness (QED) is 0.735. The van der Waals surface area contributed by atoms with Crippen LogP contribution in [-0.4, -0.2) is 20.5 Å². The molecule has 3 rings (SSSR count). The first-order chi connectivity index (χ1) is 12.3. The van der Waals surface area contributed by atoms with Crippen molar-refractivity contribution in [2.45, 2.75) is 46.6 Å². The van der Waals surface area contributed by atoms with Crippen LogP contribution < -0.4 is 5.32 Å². The zero-order valence-corrected chi connectivity index (χ0v) is 16.3. The summed E-state index contributed by atoms with van der Waals surface area (Å²) < 4.78 is 1.85. The van der Waals surface area contributed by atoms with Crippen molar-refractivity contribution < 1.29 is 4.79 Å². The number of halogens is 1. The van der Waals surface area contributed by atoms with Crippen molar-refractivity contribution in [3.63, 3.8) is 0 Å². The molecule has 0 saturated heterocycles. The summed E-state index contributed by atoms with van der Waals surface area (Å²) >= 11 is 6.02. The van der Waals surface area contributed by atoms with E-state index in [4.69, 9.17) is 11.6 Å². The maximum absolute atomic E-state index is 12.4. The Labute approximate surface area is 158 Å². The number of amides is 1. The molecule has 0 unspecified atom stereocenters. The first-order valence-corrected chi connectivity index (χ1v) is 9.10. The summed E-state index contributed by atoms with van der Waals surface area (Å²) in [7, 11) is 0. The van der Waals surface area contributed by atoms with E-state index in [0.717, 1.165) is 33.9 Å². The van der Waals surface area contributed by atoms with Gasteiger partial charge in [-0.1, -0.05) is 23.7 Å². The van der Waals surface area contributed by atoms with Gasteiger partial charge in [-0.2, -0.15) is 5.10 Å². The zero-order valence-electron chi connectivity index (χ0n) is 15.5. The number of nitrogens with one attached hydrogen (secondary N) is 1. The Kier molecular flexibility index (Phi) is 5.28. The van der Waals surface area contributed by atoms with Gasteiger partial charge >= 0.3 is 0 Å². The number of carbonyl (C=O) groups is 1. The topological polar surface area (TPSA) is 59.3 Å². The Morgan fingerprint density at radius 1 is 1.27 bits per heavy atom. The van der Waals surface area contributed by atoms with Crippen molar-refractivity contribution in [1.82, 2.24) is 19.9 Å². The molecule has 0 aliphatic carbocycles. The van der Waals surface area contributed by atoms with Gasteiger partial charge < -0.3 is 5.32 Å². The molecule has 136 valence electrons. The van der Waals surface area contributed by atoms with Crippen LogP contribution >= 0.6 is 11.6 Å². The van der Waals surface area contributed by atoms with Crippen LogP contribution in [0.15, 0.2) is 30.3 Å². The fourth-order valence-electron chi connectivity index (χ4n) is 3.21. The van der Waals surface area contributed by atoms with Gasteiger partial charge in [0.1, 0.15) is 0 Å². The van der Waals surface area contributed by atoms with Crippen molar-refractivity contribution in [2.75, 3.05) is 0 Å². The molecule has 1 N–H and O–H groups in total. The summed E-state index contributed by atoms with van der Waals surface area (Å²) in [4.78, 5) is 17.0. The van der Waals surface area contributed by atoms with Gasteiger partial charge in [0.15, 0.2) is 5.65 Å². The van der Waals surface area contributed by atoms with Crippen molar-refractivity contribution in [3.05, 3.63) is 63.6 Å². The highest BCUT2D eigenvalue weighted by Crippen LogP contribution is 2.19. The number of hydrogen-bond donors (Lipinski definition) is 1. The molecule has 1 atom stereocenters. The molecule has 0 saturated carbocycles. The minimum Gasteiger partial charge on any atom is -0.350 e. The van der Waals surface area contributed by atoms with E-state index in [9.17, 15) is 4.79 Å². The van der Waals surface area contributed by atoms with Gasteiger partial charge in [0.25, 0.3) is 0 Å². The Morgan fingerprint density at radius 2 is 2.04 bits per heavy atom. The summed E-state index contributed by atoms with van der Waals surface area (Å²) in [6.07, 6.45) is 1.04. The van der Waals surface area contributed by atoms with E-state index in [1.807, 2.05) is 62.5 Å². The second kappa shape index (κ2) is 7.46. The monoisotopic (exact) mass is 370 g/mol. The lowest BCUT2D eigenvalue weighted by Crippen LogP contribution is -2.27. The number of fused-ring (bicyclic) bond motifs is 1. The Bertz CT molecular complexity index is 964. The highest BCUT2D eigenvalue weighted by molar-refractivity contribution is 6.30. The van der Waals surface area contributed by atoms with Gasteiger partial charge in [0.05, 0.1) is 11.7 Å². The number of carbonyl (C=O) groups excluding carboxylic acids is 1. The molecule has 0 aliphatic rings. The Balaban J connectivity index is 1.69. The molecule has 6 heteroatoms. The molecule has 0 spiro atoms. The molecular formula is C20H23ClN4O. The SMILES string of the molecule is Cc1cc2nc(C)c(CCC(=O)N[C@@H](C)c3cccc(Cl)c3)c(C)n2n1. The fourth-order valence-corrected chi connectivity index (χ4v) is 3.41. The number of rotatable bonds is 5. The maximum atomic E-state index is 12.4. The number of aryl methyl sites for hydroxylation is 3. The van der Waals surface area contributed by atoms with Crippen molar-refractivity contribution in [3.8, 4) is 0 Å². The summed E-state index contributed by atoms with van der Waals surface area (Å²) in [5.74, 6) is 0.00742. The highest BCUT2D eigenvalue weighted by atomic mass is 35.5. The van der Waals surface area contributed by atoms with Gasteiger partial charge in [0, 0.05) is 28.9 Å². The third-order valence-electron chi connectivity index (χ3n) is 4.61. The van der Waals surface area contributed by atoms with Crippen LogP contribution in [-0.2, 0) is 11.2 Å². The zero-order chi connectivity index (χ0) is 18.8. The smallest absolute Gasteiger partial charge is 0.220 e. The van der Waals surface area contributed by atoms with Gasteiger partial charge in [0.2, 0.25) is 5.91 Å². The lowest BCUT2D eigenvalue weighted by molar-refractivity contribution is -0.121. The Hall–Kier alpha value is -2.40. The van der Waals surface area contributed by atoms with Crippen LogP contribution in [0.2, 0.25) is 5.02 Å². The largest absolute Gasteiger partial charge is 0.350 e. The minimum atomic E-state index is -0.0854. The van der Waals surface area contributed by atoms with Gasteiger partial charge in [-0.3, -0.25) is 4.79 Å². The van der Waals surface area contributed by atoms with Gasteiger partial charge in [-0.25, -0.2) is 9.50 Å². The molecule has 2 aromatic heterocycles. The molecule has 3 aromatic rings. The van der Waals surface area contributed by atoms with Crippen LogP contribution in [0.1, 0.15) is 47.6 Å². The molecule has 0 bridgehead atoms. The van der Waals surface area contributed by atoms with Crippen molar-refractivity contribution >= 4 is 23.2 Å². The van der Waals surface area contributed by atoms with Crippen LogP contribution in [0.25, 0.3) is 5.65 Å². The van der Waals surface area contributed by atoms with E-state index in [0.29, 0.717) is 17.9 Å². The molecule has 0 fully saturated rings. The maximum Gasteiger partial charge on any atom is 0.220 e. The molecular weight excluding hydrogens is 348 g/mol. The predicted molar refractivity (Wildman–Crippen MR) is 104 cm³/mol. The van der Waals surface area contributed by atoms with E-state index in [1.165, 1.54) is 0 Å².